The molecule has 0 radical (unpaired) electrons. The second-order valence-electron chi connectivity index (χ2n) is 3.35. The third-order valence-electron chi connectivity index (χ3n) is 2.22. The Morgan fingerprint density at radius 1 is 1.36 bits per heavy atom. The van der Waals surface area contributed by atoms with Crippen LogP contribution in [0.5, 0.6) is 0 Å². The Labute approximate surface area is 65.0 Å². The summed E-state index contributed by atoms with van der Waals surface area (Å²) in [5, 5.41) is 0. The number of nitrogens with zero attached hydrogens (tertiary/aromatic N) is 1. The van der Waals surface area contributed by atoms with Gasteiger partial charge >= 0.3 is 6.18 Å². The van der Waals surface area contributed by atoms with Gasteiger partial charge in [0.25, 0.3) is 0 Å². The molecule has 1 fully saturated rings. The summed E-state index contributed by atoms with van der Waals surface area (Å²) < 4.78 is 36.5. The molecule has 1 saturated heterocycles. The molecule has 0 aromatic heterocycles. The fourth-order valence-electron chi connectivity index (χ4n) is 1.64. The van der Waals surface area contributed by atoms with Gasteiger partial charge in [-0.25, -0.2) is 0 Å². The van der Waals surface area contributed by atoms with Crippen LogP contribution in [0.3, 0.4) is 0 Å². The van der Waals surface area contributed by atoms with Crippen molar-refractivity contribution in [1.29, 1.82) is 0 Å². The molecular weight excluding hydrogens is 154 g/mol. The van der Waals surface area contributed by atoms with Crippen molar-refractivity contribution in [3.05, 3.63) is 0 Å². The van der Waals surface area contributed by atoms with E-state index in [0.717, 1.165) is 0 Å². The summed E-state index contributed by atoms with van der Waals surface area (Å²) >= 11 is 0. The molecule has 5 heteroatoms. The van der Waals surface area contributed by atoms with Crippen LogP contribution in [0.4, 0.5) is 13.2 Å². The van der Waals surface area contributed by atoms with Crippen LogP contribution in [0.25, 0.3) is 0 Å². The molecule has 2 atom stereocenters. The van der Waals surface area contributed by atoms with Crippen LogP contribution in [0.15, 0.2) is 0 Å². The highest BCUT2D eigenvalue weighted by atomic mass is 19.4. The molecule has 2 unspecified atom stereocenters. The van der Waals surface area contributed by atoms with Gasteiger partial charge in [-0.1, -0.05) is 0 Å². The number of halogens is 3. The van der Waals surface area contributed by atoms with Crippen LogP contribution in [-0.4, -0.2) is 39.1 Å². The number of hydrogen-bond donors (Lipinski definition) is 0. The van der Waals surface area contributed by atoms with Gasteiger partial charge in [-0.3, -0.25) is 0 Å². The van der Waals surface area contributed by atoms with E-state index in [4.69, 9.17) is 0 Å². The number of hydrogen-bond acceptors (Lipinski definition) is 1. The number of rotatable bonds is 0. The first kappa shape index (κ1) is 8.91. The SMILES string of the molecule is BC1CN(C)CC1C(F)(F)F. The molecule has 0 aliphatic carbocycles. The monoisotopic (exact) mass is 165 g/mol. The molecule has 0 aromatic carbocycles. The lowest BCUT2D eigenvalue weighted by Gasteiger charge is -2.17. The van der Waals surface area contributed by atoms with E-state index in [1.807, 2.05) is 0 Å². The molecule has 0 spiro atoms. The topological polar surface area (TPSA) is 3.24 Å². The van der Waals surface area contributed by atoms with E-state index in [0.29, 0.717) is 6.54 Å². The van der Waals surface area contributed by atoms with Crippen LogP contribution in [0.2, 0.25) is 5.82 Å². The number of alkyl halides is 3. The van der Waals surface area contributed by atoms with Crippen molar-refractivity contribution in [2.45, 2.75) is 12.0 Å². The Hall–Kier alpha value is -0.185. The standard InChI is InChI=1S/C6H11BF3N/c1-11-2-4(5(7)3-11)6(8,9)10/h4-5H,2-3,7H2,1H3. The largest absolute Gasteiger partial charge is 0.392 e. The van der Waals surface area contributed by atoms with Gasteiger partial charge < -0.3 is 4.90 Å². The first-order valence-electron chi connectivity index (χ1n) is 3.66. The third-order valence-corrected chi connectivity index (χ3v) is 2.22. The summed E-state index contributed by atoms with van der Waals surface area (Å²) in [7, 11) is 3.38. The van der Waals surface area contributed by atoms with E-state index in [2.05, 4.69) is 0 Å². The van der Waals surface area contributed by atoms with Gasteiger partial charge in [-0.15, -0.1) is 0 Å². The second kappa shape index (κ2) is 2.70. The van der Waals surface area contributed by atoms with Crippen LogP contribution in [-0.2, 0) is 0 Å². The highest BCUT2D eigenvalue weighted by molar-refractivity contribution is 6.12. The molecule has 11 heavy (non-hydrogen) atoms. The van der Waals surface area contributed by atoms with Crippen molar-refractivity contribution in [3.63, 3.8) is 0 Å². The average Bonchev–Trinajstić information content (AvgIpc) is 2.08. The van der Waals surface area contributed by atoms with E-state index >= 15 is 0 Å². The van der Waals surface area contributed by atoms with E-state index in [-0.39, 0.29) is 12.4 Å². The smallest absolute Gasteiger partial charge is 0.306 e. The lowest BCUT2D eigenvalue weighted by atomic mass is 9.79. The van der Waals surface area contributed by atoms with Crippen LogP contribution in [0.1, 0.15) is 0 Å². The highest BCUT2D eigenvalue weighted by Gasteiger charge is 2.46. The predicted octanol–water partition coefficient (Wildman–Crippen LogP) is 0.532. The van der Waals surface area contributed by atoms with Crippen LogP contribution >= 0.6 is 0 Å². The Morgan fingerprint density at radius 2 is 1.91 bits per heavy atom. The molecule has 0 N–H and O–H groups in total. The zero-order valence-electron chi connectivity index (χ0n) is 6.65. The van der Waals surface area contributed by atoms with Crippen LogP contribution in [0, 0.1) is 5.92 Å². The quantitative estimate of drug-likeness (QED) is 0.473. The normalized spacial score (nSPS) is 34.5. The minimum Gasteiger partial charge on any atom is -0.306 e. The molecule has 1 nitrogen and oxygen atoms in total. The molecule has 1 aliphatic rings. The minimum absolute atomic E-state index is 0.157. The molecule has 0 bridgehead atoms. The molecule has 1 aliphatic heterocycles. The highest BCUT2D eigenvalue weighted by Crippen LogP contribution is 2.38. The van der Waals surface area contributed by atoms with Gasteiger partial charge in [0, 0.05) is 6.54 Å². The van der Waals surface area contributed by atoms with E-state index < -0.39 is 12.1 Å². The van der Waals surface area contributed by atoms with Crippen molar-refractivity contribution < 1.29 is 13.2 Å². The molecule has 0 saturated carbocycles. The Kier molecular flexibility index (Phi) is 2.18. The molecule has 0 aromatic rings. The predicted molar refractivity (Wildman–Crippen MR) is 39.3 cm³/mol. The van der Waals surface area contributed by atoms with Crippen LogP contribution < -0.4 is 0 Å². The van der Waals surface area contributed by atoms with Gasteiger partial charge in [-0.05, 0) is 19.4 Å². The van der Waals surface area contributed by atoms with Gasteiger partial charge in [0.1, 0.15) is 7.85 Å². The Morgan fingerprint density at radius 3 is 2.09 bits per heavy atom. The summed E-state index contributed by atoms with van der Waals surface area (Å²) in [6, 6.07) is 0. The van der Waals surface area contributed by atoms with Crippen molar-refractivity contribution >= 4 is 7.85 Å². The van der Waals surface area contributed by atoms with E-state index in [9.17, 15) is 13.2 Å². The third kappa shape index (κ3) is 1.89. The fraction of sp³-hybridized carbons (Fsp3) is 1.00. The van der Waals surface area contributed by atoms with Gasteiger partial charge in [-0.2, -0.15) is 13.2 Å². The second-order valence-corrected chi connectivity index (χ2v) is 3.35. The van der Waals surface area contributed by atoms with Gasteiger partial charge in [0.2, 0.25) is 0 Å². The minimum atomic E-state index is -4.01. The van der Waals surface area contributed by atoms with Crippen molar-refractivity contribution in [3.8, 4) is 0 Å². The Balaban J connectivity index is 2.60. The first-order chi connectivity index (χ1) is 4.91. The first-order valence-corrected chi connectivity index (χ1v) is 3.66. The summed E-state index contributed by atoms with van der Waals surface area (Å²) in [4.78, 5) is 1.73. The molecule has 0 amide bonds. The molecule has 1 rings (SSSR count). The maximum atomic E-state index is 12.2. The lowest BCUT2D eigenvalue weighted by Crippen LogP contribution is -2.27. The Bertz CT molecular complexity index is 147. The summed E-state index contributed by atoms with van der Waals surface area (Å²) in [6.07, 6.45) is -4.01. The zero-order valence-corrected chi connectivity index (χ0v) is 6.65. The molecule has 64 valence electrons. The maximum absolute atomic E-state index is 12.2. The van der Waals surface area contributed by atoms with Crippen molar-refractivity contribution in [2.75, 3.05) is 20.1 Å². The van der Waals surface area contributed by atoms with E-state index in [1.54, 1.807) is 19.8 Å². The zero-order chi connectivity index (χ0) is 8.65. The summed E-state index contributed by atoms with van der Waals surface area (Å²) in [6.45, 7) is 0.717. The van der Waals surface area contributed by atoms with Gasteiger partial charge in [0.05, 0.1) is 5.92 Å². The fourth-order valence-corrected chi connectivity index (χ4v) is 1.64. The molecule has 1 heterocycles. The summed E-state index contributed by atoms with van der Waals surface area (Å²) in [5.41, 5.74) is 0. The maximum Gasteiger partial charge on any atom is 0.392 e. The molecular formula is C6H11BF3N. The number of likely N-dealkylation sites (tertiary alicyclic amines) is 1. The van der Waals surface area contributed by atoms with Crippen molar-refractivity contribution in [1.82, 2.24) is 4.90 Å². The average molecular weight is 165 g/mol. The van der Waals surface area contributed by atoms with Crippen molar-refractivity contribution in [2.24, 2.45) is 5.92 Å². The lowest BCUT2D eigenvalue weighted by molar-refractivity contribution is -0.169. The van der Waals surface area contributed by atoms with Gasteiger partial charge in [0.15, 0.2) is 0 Å². The van der Waals surface area contributed by atoms with E-state index in [1.165, 1.54) is 0 Å². The summed E-state index contributed by atoms with van der Waals surface area (Å²) in [5.74, 6) is -1.37.